The lowest BCUT2D eigenvalue weighted by Gasteiger charge is -2.34. The fraction of sp³-hybridized carbons (Fsp3) is 0.667. The predicted molar refractivity (Wildman–Crippen MR) is 94.3 cm³/mol. The topological polar surface area (TPSA) is 57.7 Å². The third-order valence-electron chi connectivity index (χ3n) is 4.95. The molecule has 6 nitrogen and oxygen atoms in total. The van der Waals surface area contributed by atoms with Crippen LogP contribution in [-0.2, 0) is 4.74 Å². The average Bonchev–Trinajstić information content (AvgIpc) is 3.17. The van der Waals surface area contributed by atoms with Gasteiger partial charge in [0.05, 0.1) is 13.2 Å². The Labute approximate surface area is 144 Å². The molecule has 0 saturated carbocycles. The molecule has 1 N–H and O–H groups in total. The van der Waals surface area contributed by atoms with Gasteiger partial charge >= 0.3 is 0 Å². The molecule has 6 heteroatoms. The van der Waals surface area contributed by atoms with Crippen molar-refractivity contribution in [2.24, 2.45) is 0 Å². The molecule has 0 bridgehead atoms. The average molecular weight is 332 g/mol. The Bertz CT molecular complexity index is 540. The van der Waals surface area contributed by atoms with Crippen LogP contribution in [0.15, 0.2) is 18.3 Å². The molecule has 2 aliphatic heterocycles. The highest BCUT2D eigenvalue weighted by Crippen LogP contribution is 2.15. The monoisotopic (exact) mass is 332 g/mol. The first-order valence-corrected chi connectivity index (χ1v) is 9.09. The van der Waals surface area contributed by atoms with Crippen molar-refractivity contribution in [2.45, 2.75) is 32.2 Å². The summed E-state index contributed by atoms with van der Waals surface area (Å²) in [5.41, 5.74) is 0.730. The second kappa shape index (κ2) is 8.44. The van der Waals surface area contributed by atoms with Gasteiger partial charge in [0.2, 0.25) is 0 Å². The van der Waals surface area contributed by atoms with Gasteiger partial charge in [0.15, 0.2) is 0 Å². The molecule has 3 rings (SSSR count). The van der Waals surface area contributed by atoms with Crippen LogP contribution in [-0.4, -0.2) is 72.7 Å². The minimum absolute atomic E-state index is 0.123. The van der Waals surface area contributed by atoms with Crippen LogP contribution in [0.3, 0.4) is 0 Å². The number of hydrogen-bond donors (Lipinski definition) is 1. The molecule has 1 atom stereocenters. The zero-order valence-electron chi connectivity index (χ0n) is 14.5. The van der Waals surface area contributed by atoms with Crippen LogP contribution in [0.25, 0.3) is 0 Å². The third kappa shape index (κ3) is 4.24. The number of nitrogens with zero attached hydrogens (tertiary/aromatic N) is 3. The second-order valence-electron chi connectivity index (χ2n) is 6.52. The molecule has 0 spiro atoms. The summed E-state index contributed by atoms with van der Waals surface area (Å²) < 4.78 is 5.43. The van der Waals surface area contributed by atoms with Crippen LogP contribution in [0.1, 0.15) is 36.5 Å². The van der Waals surface area contributed by atoms with E-state index in [4.69, 9.17) is 4.74 Å². The standard InChI is InChI=1S/C18H28N4O2/c1-2-16(21-9-11-24-12-10-21)14-20-17-13-15(5-6-19-17)18(23)22-7-3-4-8-22/h5-6,13,16H,2-4,7-12,14H2,1H3,(H,19,20)/t16-/m1/s1. The number of pyridine rings is 1. The molecule has 1 aromatic heterocycles. The number of rotatable bonds is 6. The van der Waals surface area contributed by atoms with Crippen LogP contribution in [0.5, 0.6) is 0 Å². The molecule has 2 aliphatic rings. The van der Waals surface area contributed by atoms with E-state index in [0.717, 1.165) is 76.6 Å². The van der Waals surface area contributed by atoms with E-state index < -0.39 is 0 Å². The van der Waals surface area contributed by atoms with Crippen molar-refractivity contribution < 1.29 is 9.53 Å². The molecular formula is C18H28N4O2. The largest absolute Gasteiger partial charge is 0.379 e. The maximum absolute atomic E-state index is 12.5. The van der Waals surface area contributed by atoms with Gasteiger partial charge in [0.1, 0.15) is 5.82 Å². The zero-order valence-corrected chi connectivity index (χ0v) is 14.5. The van der Waals surface area contributed by atoms with E-state index in [1.165, 1.54) is 0 Å². The van der Waals surface area contributed by atoms with Crippen molar-refractivity contribution in [3.63, 3.8) is 0 Å². The molecule has 0 aliphatic carbocycles. The molecule has 3 heterocycles. The summed E-state index contributed by atoms with van der Waals surface area (Å²) in [5.74, 6) is 0.907. The molecule has 132 valence electrons. The highest BCUT2D eigenvalue weighted by molar-refractivity contribution is 5.95. The molecule has 24 heavy (non-hydrogen) atoms. The number of likely N-dealkylation sites (tertiary alicyclic amines) is 1. The normalized spacial score (nSPS) is 20.1. The zero-order chi connectivity index (χ0) is 16.8. The molecule has 0 unspecified atom stereocenters. The van der Waals surface area contributed by atoms with Gasteiger partial charge in [-0.2, -0.15) is 0 Å². The number of hydrogen-bond acceptors (Lipinski definition) is 5. The summed E-state index contributed by atoms with van der Waals surface area (Å²) in [6, 6.07) is 4.16. The Morgan fingerprint density at radius 2 is 2.04 bits per heavy atom. The van der Waals surface area contributed by atoms with Gasteiger partial charge in [-0.1, -0.05) is 6.92 Å². The maximum atomic E-state index is 12.5. The summed E-state index contributed by atoms with van der Waals surface area (Å²) in [6.07, 6.45) is 5.03. The van der Waals surface area contributed by atoms with Gasteiger partial charge in [-0.15, -0.1) is 0 Å². The lowest BCUT2D eigenvalue weighted by molar-refractivity contribution is 0.0184. The number of aromatic nitrogens is 1. The number of morpholine rings is 1. The summed E-state index contributed by atoms with van der Waals surface area (Å²) in [5, 5.41) is 3.41. The molecule has 0 radical (unpaired) electrons. The van der Waals surface area contributed by atoms with Crippen molar-refractivity contribution >= 4 is 11.7 Å². The van der Waals surface area contributed by atoms with Crippen molar-refractivity contribution in [3.05, 3.63) is 23.9 Å². The molecule has 2 fully saturated rings. The Balaban J connectivity index is 1.58. The van der Waals surface area contributed by atoms with E-state index >= 15 is 0 Å². The van der Waals surface area contributed by atoms with Gasteiger partial charge in [-0.25, -0.2) is 4.98 Å². The van der Waals surface area contributed by atoms with Crippen LogP contribution in [0.2, 0.25) is 0 Å². The SMILES string of the molecule is CC[C@H](CNc1cc(C(=O)N2CCCC2)ccn1)N1CCOCC1. The molecule has 2 saturated heterocycles. The first kappa shape index (κ1) is 17.2. The number of carbonyl (C=O) groups excluding carboxylic acids is 1. The van der Waals surface area contributed by atoms with E-state index in [1.807, 2.05) is 17.0 Å². The van der Waals surface area contributed by atoms with E-state index in [0.29, 0.717) is 6.04 Å². The summed E-state index contributed by atoms with van der Waals surface area (Å²) in [6.45, 7) is 8.40. The highest BCUT2D eigenvalue weighted by atomic mass is 16.5. The van der Waals surface area contributed by atoms with E-state index in [1.54, 1.807) is 6.20 Å². The van der Waals surface area contributed by atoms with E-state index in [2.05, 4.69) is 22.1 Å². The van der Waals surface area contributed by atoms with Gasteiger partial charge < -0.3 is 15.0 Å². The Morgan fingerprint density at radius 3 is 2.75 bits per heavy atom. The smallest absolute Gasteiger partial charge is 0.254 e. The van der Waals surface area contributed by atoms with Crippen molar-refractivity contribution in [1.29, 1.82) is 0 Å². The lowest BCUT2D eigenvalue weighted by atomic mass is 10.1. The fourth-order valence-electron chi connectivity index (χ4n) is 3.46. The van der Waals surface area contributed by atoms with Crippen LogP contribution < -0.4 is 5.32 Å². The predicted octanol–water partition coefficient (Wildman–Crippen LogP) is 1.84. The first-order chi connectivity index (χ1) is 11.8. The Morgan fingerprint density at radius 1 is 1.29 bits per heavy atom. The lowest BCUT2D eigenvalue weighted by Crippen LogP contribution is -2.46. The van der Waals surface area contributed by atoms with E-state index in [-0.39, 0.29) is 5.91 Å². The molecular weight excluding hydrogens is 304 g/mol. The van der Waals surface area contributed by atoms with Gasteiger partial charge in [-0.05, 0) is 31.4 Å². The summed E-state index contributed by atoms with van der Waals surface area (Å²) in [4.78, 5) is 21.3. The fourth-order valence-corrected chi connectivity index (χ4v) is 3.46. The number of anilines is 1. The quantitative estimate of drug-likeness (QED) is 0.861. The molecule has 1 aromatic rings. The second-order valence-corrected chi connectivity index (χ2v) is 6.52. The minimum Gasteiger partial charge on any atom is -0.379 e. The third-order valence-corrected chi connectivity index (χ3v) is 4.95. The van der Waals surface area contributed by atoms with Gasteiger partial charge in [0, 0.05) is 50.5 Å². The highest BCUT2D eigenvalue weighted by Gasteiger charge is 2.21. The number of ether oxygens (including phenoxy) is 1. The Kier molecular flexibility index (Phi) is 6.04. The van der Waals surface area contributed by atoms with Crippen molar-refractivity contribution in [3.8, 4) is 0 Å². The summed E-state index contributed by atoms with van der Waals surface area (Å²) in [7, 11) is 0. The molecule has 1 amide bonds. The number of nitrogens with one attached hydrogen (secondary N) is 1. The first-order valence-electron chi connectivity index (χ1n) is 9.09. The minimum atomic E-state index is 0.123. The van der Waals surface area contributed by atoms with Crippen LogP contribution >= 0.6 is 0 Å². The number of amides is 1. The van der Waals surface area contributed by atoms with Gasteiger partial charge in [0.25, 0.3) is 5.91 Å². The number of carbonyl (C=O) groups is 1. The van der Waals surface area contributed by atoms with E-state index in [9.17, 15) is 4.79 Å². The summed E-state index contributed by atoms with van der Waals surface area (Å²) >= 11 is 0. The van der Waals surface area contributed by atoms with Crippen molar-refractivity contribution in [1.82, 2.24) is 14.8 Å². The van der Waals surface area contributed by atoms with Crippen LogP contribution in [0.4, 0.5) is 5.82 Å². The van der Waals surface area contributed by atoms with Gasteiger partial charge in [-0.3, -0.25) is 9.69 Å². The van der Waals surface area contributed by atoms with Crippen molar-refractivity contribution in [2.75, 3.05) is 51.3 Å². The Hall–Kier alpha value is -1.66. The van der Waals surface area contributed by atoms with Crippen LogP contribution in [0, 0.1) is 0 Å². The maximum Gasteiger partial charge on any atom is 0.254 e. The molecule has 0 aromatic carbocycles.